The van der Waals surface area contributed by atoms with Crippen LogP contribution in [0.3, 0.4) is 0 Å². The first-order valence-electron chi connectivity index (χ1n) is 7.38. The Labute approximate surface area is 129 Å². The fraction of sp³-hybridized carbons (Fsp3) is 0.389. The van der Waals surface area contributed by atoms with Gasteiger partial charge in [-0.05, 0) is 47.1 Å². The maximum absolute atomic E-state index is 12.1. The van der Waals surface area contributed by atoms with E-state index < -0.39 is 0 Å². The SMILES string of the molecule is COc1cc(C=CC2=CC(=O)[C@H]3C[C@@H]2C3(C)C)cc(O)c1O. The summed E-state index contributed by atoms with van der Waals surface area (Å²) in [6.07, 6.45) is 6.41. The van der Waals surface area contributed by atoms with Crippen LogP contribution in [-0.2, 0) is 4.79 Å². The fourth-order valence-corrected chi connectivity index (χ4v) is 3.56. The predicted octanol–water partition coefficient (Wildman–Crippen LogP) is 3.29. The second-order valence-electron chi connectivity index (χ2n) is 6.63. The average molecular weight is 300 g/mol. The first kappa shape index (κ1) is 14.7. The van der Waals surface area contributed by atoms with Crippen LogP contribution in [0.4, 0.5) is 0 Å². The summed E-state index contributed by atoms with van der Waals surface area (Å²) in [4.78, 5) is 12.1. The summed E-state index contributed by atoms with van der Waals surface area (Å²) in [6.45, 7) is 4.28. The van der Waals surface area contributed by atoms with E-state index in [1.807, 2.05) is 12.2 Å². The van der Waals surface area contributed by atoms with Gasteiger partial charge in [0.2, 0.25) is 5.75 Å². The molecule has 4 nitrogen and oxygen atoms in total. The molecule has 0 amide bonds. The van der Waals surface area contributed by atoms with E-state index in [9.17, 15) is 15.0 Å². The number of ketones is 1. The zero-order valence-corrected chi connectivity index (χ0v) is 13.0. The lowest BCUT2D eigenvalue weighted by Crippen LogP contribution is -2.52. The minimum Gasteiger partial charge on any atom is -0.504 e. The number of phenolic OH excluding ortho intramolecular Hbond substituents is 2. The molecule has 3 aliphatic rings. The van der Waals surface area contributed by atoms with Gasteiger partial charge < -0.3 is 14.9 Å². The monoisotopic (exact) mass is 300 g/mol. The Hall–Kier alpha value is -2.23. The molecule has 1 aromatic carbocycles. The standard InChI is InChI=1S/C18H20O4/c1-18(2)12-9-13(18)14(19)8-11(12)5-4-10-6-15(20)17(21)16(7-10)22-3/h4-8,12-13,20-21H,9H2,1-3H3/t12-,13+/m0/s1. The molecule has 3 aliphatic carbocycles. The van der Waals surface area contributed by atoms with Crippen molar-refractivity contribution in [2.45, 2.75) is 20.3 Å². The van der Waals surface area contributed by atoms with Gasteiger partial charge in [-0.3, -0.25) is 4.79 Å². The van der Waals surface area contributed by atoms with Crippen LogP contribution in [0.2, 0.25) is 0 Å². The topological polar surface area (TPSA) is 66.8 Å². The number of benzene rings is 1. The van der Waals surface area contributed by atoms with Crippen LogP contribution in [0.1, 0.15) is 25.8 Å². The highest BCUT2D eigenvalue weighted by atomic mass is 16.5. The van der Waals surface area contributed by atoms with Crippen LogP contribution in [0.5, 0.6) is 17.2 Å². The summed E-state index contributed by atoms with van der Waals surface area (Å²) in [7, 11) is 1.43. The van der Waals surface area contributed by atoms with Crippen molar-refractivity contribution in [3.05, 3.63) is 35.4 Å². The lowest BCUT2D eigenvalue weighted by Gasteiger charge is -2.54. The number of rotatable bonds is 3. The van der Waals surface area contributed by atoms with Gasteiger partial charge >= 0.3 is 0 Å². The molecule has 0 unspecified atom stereocenters. The van der Waals surface area contributed by atoms with Crippen molar-refractivity contribution in [1.82, 2.24) is 0 Å². The zero-order chi connectivity index (χ0) is 16.1. The lowest BCUT2D eigenvalue weighted by atomic mass is 9.48. The van der Waals surface area contributed by atoms with Crippen LogP contribution in [0, 0.1) is 17.3 Å². The van der Waals surface area contributed by atoms with Crippen molar-refractivity contribution in [2.75, 3.05) is 7.11 Å². The molecule has 2 N–H and O–H groups in total. The Morgan fingerprint density at radius 2 is 1.95 bits per heavy atom. The summed E-state index contributed by atoms with van der Waals surface area (Å²) >= 11 is 0. The van der Waals surface area contributed by atoms with Gasteiger partial charge in [0.15, 0.2) is 17.3 Å². The number of aromatic hydroxyl groups is 2. The second kappa shape index (κ2) is 4.90. The Kier molecular flexibility index (Phi) is 3.28. The van der Waals surface area contributed by atoms with Crippen LogP contribution >= 0.6 is 0 Å². The van der Waals surface area contributed by atoms with Gasteiger partial charge in [0.25, 0.3) is 0 Å². The molecule has 116 valence electrons. The highest BCUT2D eigenvalue weighted by Crippen LogP contribution is 2.58. The Balaban J connectivity index is 1.89. The first-order chi connectivity index (χ1) is 10.3. The number of fused-ring (bicyclic) bond motifs is 1. The third-order valence-corrected chi connectivity index (χ3v) is 5.09. The molecule has 0 heterocycles. The van der Waals surface area contributed by atoms with E-state index in [0.717, 1.165) is 12.0 Å². The fourth-order valence-electron chi connectivity index (χ4n) is 3.56. The quantitative estimate of drug-likeness (QED) is 0.841. The third kappa shape index (κ3) is 2.10. The minimum atomic E-state index is -0.269. The molecule has 4 heteroatoms. The molecule has 22 heavy (non-hydrogen) atoms. The molecule has 0 aromatic heterocycles. The Bertz CT molecular complexity index is 697. The van der Waals surface area contributed by atoms with Crippen molar-refractivity contribution < 1.29 is 19.7 Å². The van der Waals surface area contributed by atoms with Crippen molar-refractivity contribution in [3.63, 3.8) is 0 Å². The van der Waals surface area contributed by atoms with Gasteiger partial charge in [-0.25, -0.2) is 0 Å². The number of carbonyl (C=O) groups excluding carboxylic acids is 1. The average Bonchev–Trinajstić information content (AvgIpc) is 2.47. The number of hydrogen-bond donors (Lipinski definition) is 2. The van der Waals surface area contributed by atoms with Gasteiger partial charge in [-0.2, -0.15) is 0 Å². The molecule has 0 spiro atoms. The zero-order valence-electron chi connectivity index (χ0n) is 13.0. The minimum absolute atomic E-state index is 0.0281. The van der Waals surface area contributed by atoms with Crippen LogP contribution < -0.4 is 4.74 Å². The first-order valence-corrected chi connectivity index (χ1v) is 7.38. The van der Waals surface area contributed by atoms with E-state index in [1.165, 1.54) is 13.2 Å². The highest BCUT2D eigenvalue weighted by molar-refractivity contribution is 5.96. The van der Waals surface area contributed by atoms with Crippen molar-refractivity contribution in [3.8, 4) is 17.2 Å². The maximum atomic E-state index is 12.1. The summed E-state index contributed by atoms with van der Waals surface area (Å²) in [5.41, 5.74) is 1.77. The van der Waals surface area contributed by atoms with E-state index >= 15 is 0 Å². The molecule has 1 aromatic rings. The molecule has 2 bridgehead atoms. The van der Waals surface area contributed by atoms with Gasteiger partial charge in [0.1, 0.15) is 0 Å². The van der Waals surface area contributed by atoms with Crippen LogP contribution in [0.15, 0.2) is 29.9 Å². The van der Waals surface area contributed by atoms with E-state index in [-0.39, 0.29) is 34.4 Å². The van der Waals surface area contributed by atoms with Gasteiger partial charge in [-0.15, -0.1) is 0 Å². The number of allylic oxidation sites excluding steroid dienone is 3. The molecular weight excluding hydrogens is 280 g/mol. The molecule has 0 aliphatic heterocycles. The summed E-state index contributed by atoms with van der Waals surface area (Å²) < 4.78 is 5.02. The number of carbonyl (C=O) groups is 1. The highest BCUT2D eigenvalue weighted by Gasteiger charge is 2.54. The normalized spacial score (nSPS) is 25.8. The molecule has 4 rings (SSSR count). The van der Waals surface area contributed by atoms with E-state index in [4.69, 9.17) is 4.74 Å². The van der Waals surface area contributed by atoms with Crippen molar-refractivity contribution >= 4 is 11.9 Å². The van der Waals surface area contributed by atoms with E-state index in [0.29, 0.717) is 11.5 Å². The molecule has 1 fully saturated rings. The van der Waals surface area contributed by atoms with Crippen LogP contribution in [0.25, 0.3) is 6.08 Å². The van der Waals surface area contributed by atoms with Crippen molar-refractivity contribution in [2.24, 2.45) is 17.3 Å². The number of phenols is 2. The molecule has 1 saturated carbocycles. The smallest absolute Gasteiger partial charge is 0.200 e. The van der Waals surface area contributed by atoms with Gasteiger partial charge in [0.05, 0.1) is 7.11 Å². The molecule has 0 saturated heterocycles. The Morgan fingerprint density at radius 1 is 1.23 bits per heavy atom. The van der Waals surface area contributed by atoms with Crippen LogP contribution in [-0.4, -0.2) is 23.1 Å². The van der Waals surface area contributed by atoms with Gasteiger partial charge in [0, 0.05) is 5.92 Å². The lowest BCUT2D eigenvalue weighted by molar-refractivity contribution is -0.133. The predicted molar refractivity (Wildman–Crippen MR) is 83.8 cm³/mol. The largest absolute Gasteiger partial charge is 0.504 e. The second-order valence-corrected chi connectivity index (χ2v) is 6.63. The summed E-state index contributed by atoms with van der Waals surface area (Å²) in [5.74, 6) is 0.494. The van der Waals surface area contributed by atoms with E-state index in [2.05, 4.69) is 13.8 Å². The summed E-state index contributed by atoms with van der Waals surface area (Å²) in [6, 6.07) is 3.11. The van der Waals surface area contributed by atoms with Crippen molar-refractivity contribution in [1.29, 1.82) is 0 Å². The van der Waals surface area contributed by atoms with E-state index in [1.54, 1.807) is 12.1 Å². The molecule has 2 atom stereocenters. The molecule has 0 radical (unpaired) electrons. The Morgan fingerprint density at radius 3 is 2.55 bits per heavy atom. The molecular formula is C18H20O4. The number of ether oxygens (including phenoxy) is 1. The third-order valence-electron chi connectivity index (χ3n) is 5.09. The number of methoxy groups -OCH3 is 1. The maximum Gasteiger partial charge on any atom is 0.200 e. The number of hydrogen-bond acceptors (Lipinski definition) is 4. The van der Waals surface area contributed by atoms with Gasteiger partial charge in [-0.1, -0.05) is 26.0 Å². The summed E-state index contributed by atoms with van der Waals surface area (Å²) in [5, 5.41) is 19.3.